The Morgan fingerprint density at radius 3 is 2.40 bits per heavy atom. The van der Waals surface area contributed by atoms with Gasteiger partial charge in [-0.25, -0.2) is 4.98 Å². The van der Waals surface area contributed by atoms with Gasteiger partial charge in [-0.1, -0.05) is 0 Å². The molecule has 20 heavy (non-hydrogen) atoms. The maximum absolute atomic E-state index is 5.81. The molecule has 0 saturated heterocycles. The summed E-state index contributed by atoms with van der Waals surface area (Å²) in [6, 6.07) is 3.88. The van der Waals surface area contributed by atoms with Crippen molar-refractivity contribution in [3.05, 3.63) is 34.3 Å². The van der Waals surface area contributed by atoms with Crippen LogP contribution in [0.2, 0.25) is 0 Å². The van der Waals surface area contributed by atoms with Gasteiger partial charge in [-0.2, -0.15) is 0 Å². The van der Waals surface area contributed by atoms with Crippen molar-refractivity contribution < 1.29 is 14.2 Å². The fourth-order valence-corrected chi connectivity index (χ4v) is 2.37. The number of nitrogens with zero attached hydrogens (tertiary/aromatic N) is 1. The van der Waals surface area contributed by atoms with E-state index in [2.05, 4.69) is 10.3 Å². The molecule has 0 aliphatic heterocycles. The Balaban J connectivity index is 2.24. The molecule has 0 unspecified atom stereocenters. The molecule has 0 saturated carbocycles. The number of hydrogen-bond acceptors (Lipinski definition) is 6. The van der Waals surface area contributed by atoms with Gasteiger partial charge in [0, 0.05) is 18.1 Å². The normalized spacial score (nSPS) is 10.3. The Kier molecular flexibility index (Phi) is 5.20. The van der Waals surface area contributed by atoms with Crippen molar-refractivity contribution in [2.45, 2.75) is 13.2 Å². The first kappa shape index (κ1) is 14.6. The van der Waals surface area contributed by atoms with Gasteiger partial charge < -0.3 is 19.5 Å². The van der Waals surface area contributed by atoms with Crippen LogP contribution in [0.15, 0.2) is 23.7 Å². The van der Waals surface area contributed by atoms with Crippen LogP contribution in [-0.4, -0.2) is 26.3 Å². The first-order valence-corrected chi connectivity index (χ1v) is 7.07. The highest BCUT2D eigenvalue weighted by Crippen LogP contribution is 2.39. The lowest BCUT2D eigenvalue weighted by atomic mass is 10.2. The molecule has 0 aliphatic rings. The van der Waals surface area contributed by atoms with Crippen LogP contribution in [-0.2, 0) is 13.2 Å². The summed E-state index contributed by atoms with van der Waals surface area (Å²) in [5.41, 5.74) is 1.07. The van der Waals surface area contributed by atoms with Crippen molar-refractivity contribution in [2.24, 2.45) is 0 Å². The summed E-state index contributed by atoms with van der Waals surface area (Å²) < 4.78 is 16.6. The lowest BCUT2D eigenvalue weighted by molar-refractivity contribution is 0.265. The molecule has 108 valence electrons. The van der Waals surface area contributed by atoms with Crippen LogP contribution in [0.3, 0.4) is 0 Å². The van der Waals surface area contributed by atoms with E-state index in [9.17, 15) is 0 Å². The Morgan fingerprint density at radius 1 is 1.20 bits per heavy atom. The molecule has 2 rings (SSSR count). The topological polar surface area (TPSA) is 52.6 Å². The van der Waals surface area contributed by atoms with E-state index >= 15 is 0 Å². The van der Waals surface area contributed by atoms with Crippen LogP contribution in [0.25, 0.3) is 0 Å². The lowest BCUT2D eigenvalue weighted by Crippen LogP contribution is -2.07. The standard InChI is InChI=1S/C14H18N2O3S/c1-15-8-10-6-11(17-2)14(12(7-10)18-3)19-9-13-16-4-5-20-13/h4-7,15H,8-9H2,1-3H3. The van der Waals surface area contributed by atoms with E-state index in [-0.39, 0.29) is 0 Å². The predicted molar refractivity (Wildman–Crippen MR) is 78.8 cm³/mol. The summed E-state index contributed by atoms with van der Waals surface area (Å²) in [5, 5.41) is 5.93. The number of thiazole rings is 1. The predicted octanol–water partition coefficient (Wildman–Crippen LogP) is 2.46. The highest BCUT2D eigenvalue weighted by atomic mass is 32.1. The van der Waals surface area contributed by atoms with E-state index in [1.54, 1.807) is 31.8 Å². The summed E-state index contributed by atoms with van der Waals surface area (Å²) in [7, 11) is 5.13. The molecule has 1 aromatic heterocycles. The minimum absolute atomic E-state index is 0.399. The molecule has 0 fully saturated rings. The second kappa shape index (κ2) is 7.12. The van der Waals surface area contributed by atoms with E-state index in [1.807, 2.05) is 24.6 Å². The van der Waals surface area contributed by atoms with Crippen LogP contribution < -0.4 is 19.5 Å². The third-order valence-electron chi connectivity index (χ3n) is 2.72. The molecular weight excluding hydrogens is 276 g/mol. The molecule has 0 atom stereocenters. The number of methoxy groups -OCH3 is 2. The molecule has 2 aromatic rings. The van der Waals surface area contributed by atoms with Gasteiger partial charge in [0.05, 0.1) is 14.2 Å². The van der Waals surface area contributed by atoms with E-state index in [1.165, 1.54) is 0 Å². The zero-order valence-corrected chi connectivity index (χ0v) is 12.6. The third kappa shape index (κ3) is 3.40. The zero-order chi connectivity index (χ0) is 14.4. The van der Waals surface area contributed by atoms with E-state index in [0.29, 0.717) is 23.9 Å². The van der Waals surface area contributed by atoms with E-state index in [4.69, 9.17) is 14.2 Å². The quantitative estimate of drug-likeness (QED) is 0.850. The average molecular weight is 294 g/mol. The van der Waals surface area contributed by atoms with Gasteiger partial charge in [-0.15, -0.1) is 11.3 Å². The second-order valence-electron chi connectivity index (χ2n) is 4.07. The largest absolute Gasteiger partial charge is 0.493 e. The highest BCUT2D eigenvalue weighted by molar-refractivity contribution is 7.09. The summed E-state index contributed by atoms with van der Waals surface area (Å²) in [6.07, 6.45) is 1.76. The SMILES string of the molecule is CNCc1cc(OC)c(OCc2nccs2)c(OC)c1. The molecule has 0 aliphatic carbocycles. The fourth-order valence-electron chi connectivity index (χ4n) is 1.84. The molecule has 6 heteroatoms. The maximum atomic E-state index is 5.81. The molecule has 1 aromatic carbocycles. The lowest BCUT2D eigenvalue weighted by Gasteiger charge is -2.15. The zero-order valence-electron chi connectivity index (χ0n) is 11.8. The van der Waals surface area contributed by atoms with Gasteiger partial charge in [0.1, 0.15) is 11.6 Å². The van der Waals surface area contributed by atoms with Crippen LogP contribution in [0.4, 0.5) is 0 Å². The van der Waals surface area contributed by atoms with Gasteiger partial charge in [-0.3, -0.25) is 0 Å². The van der Waals surface area contributed by atoms with Crippen molar-refractivity contribution >= 4 is 11.3 Å². The van der Waals surface area contributed by atoms with Crippen LogP contribution in [0.5, 0.6) is 17.2 Å². The summed E-state index contributed by atoms with van der Waals surface area (Å²) in [5.74, 6) is 1.92. The van der Waals surface area contributed by atoms with Crippen LogP contribution >= 0.6 is 11.3 Å². The van der Waals surface area contributed by atoms with Crippen LogP contribution in [0, 0.1) is 0 Å². The summed E-state index contributed by atoms with van der Waals surface area (Å²) in [6.45, 7) is 1.13. The molecule has 0 bridgehead atoms. The number of hydrogen-bond donors (Lipinski definition) is 1. The minimum atomic E-state index is 0.399. The Labute approximate surface area is 122 Å². The van der Waals surface area contributed by atoms with Crippen molar-refractivity contribution in [3.63, 3.8) is 0 Å². The molecule has 0 radical (unpaired) electrons. The number of benzene rings is 1. The average Bonchev–Trinajstić information content (AvgIpc) is 2.98. The van der Waals surface area contributed by atoms with E-state index in [0.717, 1.165) is 17.1 Å². The van der Waals surface area contributed by atoms with Gasteiger partial charge in [0.15, 0.2) is 11.5 Å². The monoisotopic (exact) mass is 294 g/mol. The van der Waals surface area contributed by atoms with Gasteiger partial charge in [-0.05, 0) is 24.7 Å². The Morgan fingerprint density at radius 2 is 1.90 bits per heavy atom. The van der Waals surface area contributed by atoms with Gasteiger partial charge in [0.2, 0.25) is 5.75 Å². The first-order chi connectivity index (χ1) is 9.78. The number of rotatable bonds is 7. The number of aromatic nitrogens is 1. The molecule has 0 spiro atoms. The Bertz CT molecular complexity index is 518. The third-order valence-corrected chi connectivity index (χ3v) is 3.48. The van der Waals surface area contributed by atoms with E-state index < -0.39 is 0 Å². The van der Waals surface area contributed by atoms with Crippen LogP contribution in [0.1, 0.15) is 10.6 Å². The number of nitrogens with one attached hydrogen (secondary N) is 1. The fraction of sp³-hybridized carbons (Fsp3) is 0.357. The van der Waals surface area contributed by atoms with Gasteiger partial charge >= 0.3 is 0 Å². The summed E-state index contributed by atoms with van der Waals surface area (Å²) >= 11 is 1.55. The van der Waals surface area contributed by atoms with Crippen molar-refractivity contribution in [1.29, 1.82) is 0 Å². The molecule has 1 N–H and O–H groups in total. The highest BCUT2D eigenvalue weighted by Gasteiger charge is 2.14. The Hall–Kier alpha value is -1.79. The van der Waals surface area contributed by atoms with Crippen molar-refractivity contribution in [3.8, 4) is 17.2 Å². The summed E-state index contributed by atoms with van der Waals surface area (Å²) in [4.78, 5) is 4.19. The molecule has 1 heterocycles. The molecule has 5 nitrogen and oxygen atoms in total. The first-order valence-electron chi connectivity index (χ1n) is 6.19. The minimum Gasteiger partial charge on any atom is -0.493 e. The maximum Gasteiger partial charge on any atom is 0.203 e. The molecular formula is C14H18N2O3S. The second-order valence-corrected chi connectivity index (χ2v) is 5.05. The van der Waals surface area contributed by atoms with Crippen molar-refractivity contribution in [2.75, 3.05) is 21.3 Å². The molecule has 0 amide bonds. The van der Waals surface area contributed by atoms with Gasteiger partial charge in [0.25, 0.3) is 0 Å². The number of ether oxygens (including phenoxy) is 3. The smallest absolute Gasteiger partial charge is 0.203 e. The van der Waals surface area contributed by atoms with Crippen molar-refractivity contribution in [1.82, 2.24) is 10.3 Å².